The van der Waals surface area contributed by atoms with Crippen LogP contribution in [0.2, 0.25) is 0 Å². The molecule has 0 heterocycles. The largest absolute Gasteiger partial charge is 0.480 e. The van der Waals surface area contributed by atoms with E-state index in [0.29, 0.717) is 4.90 Å². The zero-order valence-corrected chi connectivity index (χ0v) is 16.8. The summed E-state index contributed by atoms with van der Waals surface area (Å²) >= 11 is 0. The van der Waals surface area contributed by atoms with Crippen LogP contribution < -0.4 is 0 Å². The Morgan fingerprint density at radius 1 is 1.07 bits per heavy atom. The second-order valence-corrected chi connectivity index (χ2v) is 7.86. The van der Waals surface area contributed by atoms with E-state index >= 15 is 0 Å². The summed E-state index contributed by atoms with van der Waals surface area (Å²) in [6.07, 6.45) is -1.39. The van der Waals surface area contributed by atoms with E-state index in [2.05, 4.69) is 0 Å². The van der Waals surface area contributed by atoms with Crippen molar-refractivity contribution in [3.05, 3.63) is 21.9 Å². The highest BCUT2D eigenvalue weighted by atomic mass is 16.6. The standard InChI is InChI=1S/C17H28N2O8/c1-11(19(24)25)9-8-10-12(13(20)21)18(14(22)26-16(2,3)4)15(23)27-17(5,6)7/h9,12H,8,10H2,1-7H3,(H,20,21)/t12-/m0/s1. The SMILES string of the molecule is CC(=CCC[C@@H](C(=O)O)N(C(=O)OC(C)(C)C)C(=O)OC(C)(C)C)[N+](=O)[O-]. The van der Waals surface area contributed by atoms with E-state index in [-0.39, 0.29) is 18.5 Å². The summed E-state index contributed by atoms with van der Waals surface area (Å²) in [6, 6.07) is -1.61. The smallest absolute Gasteiger partial charge is 0.420 e. The molecule has 0 saturated heterocycles. The number of ether oxygens (including phenoxy) is 2. The van der Waals surface area contributed by atoms with Crippen molar-refractivity contribution in [2.75, 3.05) is 0 Å². The van der Waals surface area contributed by atoms with Crippen LogP contribution in [0.25, 0.3) is 0 Å². The fraction of sp³-hybridized carbons (Fsp3) is 0.706. The van der Waals surface area contributed by atoms with Crippen molar-refractivity contribution in [1.29, 1.82) is 0 Å². The monoisotopic (exact) mass is 388 g/mol. The highest BCUT2D eigenvalue weighted by molar-refractivity contribution is 5.93. The minimum Gasteiger partial charge on any atom is -0.480 e. The average Bonchev–Trinajstić information content (AvgIpc) is 2.41. The van der Waals surface area contributed by atoms with Gasteiger partial charge in [-0.2, -0.15) is 4.90 Å². The second kappa shape index (κ2) is 9.33. The molecule has 0 bridgehead atoms. The first kappa shape index (κ1) is 24.4. The minimum absolute atomic E-state index is 0.0358. The number of hydrogen-bond donors (Lipinski definition) is 1. The Labute approximate surface area is 158 Å². The average molecular weight is 388 g/mol. The molecule has 10 heteroatoms. The number of rotatable bonds is 6. The molecule has 0 aliphatic carbocycles. The second-order valence-electron chi connectivity index (χ2n) is 7.86. The molecular formula is C17H28N2O8. The maximum atomic E-state index is 12.5. The van der Waals surface area contributed by atoms with Gasteiger partial charge < -0.3 is 14.6 Å². The van der Waals surface area contributed by atoms with Crippen LogP contribution in [0, 0.1) is 10.1 Å². The lowest BCUT2D eigenvalue weighted by Gasteiger charge is -2.31. The lowest BCUT2D eigenvalue weighted by molar-refractivity contribution is -0.424. The van der Waals surface area contributed by atoms with Crippen molar-refractivity contribution < 1.29 is 33.9 Å². The molecule has 2 amide bonds. The number of carbonyl (C=O) groups is 3. The molecule has 0 spiro atoms. The molecule has 0 unspecified atom stereocenters. The number of nitro groups is 1. The molecule has 0 rings (SSSR count). The fourth-order valence-electron chi connectivity index (χ4n) is 1.84. The quantitative estimate of drug-likeness (QED) is 0.538. The molecule has 0 aromatic rings. The van der Waals surface area contributed by atoms with Crippen molar-refractivity contribution in [3.63, 3.8) is 0 Å². The Balaban J connectivity index is 5.69. The zero-order chi connectivity index (χ0) is 21.6. The maximum Gasteiger partial charge on any atom is 0.420 e. The molecule has 0 aromatic carbocycles. The number of carbonyl (C=O) groups excluding carboxylic acids is 2. The van der Waals surface area contributed by atoms with E-state index in [1.165, 1.54) is 13.0 Å². The summed E-state index contributed by atoms with van der Waals surface area (Å²) in [5.74, 6) is -1.46. The fourth-order valence-corrected chi connectivity index (χ4v) is 1.84. The molecule has 0 radical (unpaired) electrons. The van der Waals surface area contributed by atoms with Crippen LogP contribution in [0.4, 0.5) is 9.59 Å². The molecule has 0 aliphatic rings. The lowest BCUT2D eigenvalue weighted by atomic mass is 10.1. The van der Waals surface area contributed by atoms with Gasteiger partial charge in [-0.25, -0.2) is 14.4 Å². The molecule has 0 aliphatic heterocycles. The van der Waals surface area contributed by atoms with Crippen molar-refractivity contribution in [1.82, 2.24) is 4.90 Å². The third-order valence-electron chi connectivity index (χ3n) is 2.94. The van der Waals surface area contributed by atoms with Gasteiger partial charge in [0.1, 0.15) is 17.2 Å². The van der Waals surface area contributed by atoms with Crippen molar-refractivity contribution in [2.24, 2.45) is 0 Å². The molecular weight excluding hydrogens is 360 g/mol. The van der Waals surface area contributed by atoms with E-state index in [1.54, 1.807) is 41.5 Å². The molecule has 27 heavy (non-hydrogen) atoms. The lowest BCUT2D eigenvalue weighted by Crippen LogP contribution is -2.51. The normalized spacial score (nSPS) is 13.5. The van der Waals surface area contributed by atoms with Gasteiger partial charge in [-0.15, -0.1) is 0 Å². The van der Waals surface area contributed by atoms with Gasteiger partial charge in [0.05, 0.1) is 4.92 Å². The Morgan fingerprint density at radius 2 is 1.48 bits per heavy atom. The van der Waals surface area contributed by atoms with Crippen LogP contribution in [0.5, 0.6) is 0 Å². The van der Waals surface area contributed by atoms with E-state index in [9.17, 15) is 29.6 Å². The molecule has 0 aromatic heterocycles. The highest BCUT2D eigenvalue weighted by Crippen LogP contribution is 2.19. The van der Waals surface area contributed by atoms with Gasteiger partial charge in [-0.05, 0) is 60.5 Å². The van der Waals surface area contributed by atoms with Crippen LogP contribution in [0.15, 0.2) is 11.8 Å². The van der Waals surface area contributed by atoms with Gasteiger partial charge in [0.2, 0.25) is 5.70 Å². The summed E-state index contributed by atoms with van der Waals surface area (Å²) in [4.78, 5) is 47.0. The first-order valence-electron chi connectivity index (χ1n) is 8.34. The number of carboxylic acid groups (broad SMARTS) is 1. The third-order valence-corrected chi connectivity index (χ3v) is 2.94. The Morgan fingerprint density at radius 3 is 1.78 bits per heavy atom. The molecule has 154 valence electrons. The topological polar surface area (TPSA) is 136 Å². The molecule has 0 fully saturated rings. The number of hydrogen-bond acceptors (Lipinski definition) is 7. The number of amides is 2. The number of carboxylic acids is 1. The first-order chi connectivity index (χ1) is 12.0. The predicted octanol–water partition coefficient (Wildman–Crippen LogP) is 3.57. The van der Waals surface area contributed by atoms with Crippen molar-refractivity contribution in [3.8, 4) is 0 Å². The number of aliphatic carboxylic acids is 1. The van der Waals surface area contributed by atoms with Gasteiger partial charge in [0.25, 0.3) is 0 Å². The van der Waals surface area contributed by atoms with Gasteiger partial charge in [0.15, 0.2) is 0 Å². The number of nitrogens with zero attached hydrogens (tertiary/aromatic N) is 2. The highest BCUT2D eigenvalue weighted by Gasteiger charge is 2.40. The summed E-state index contributed by atoms with van der Waals surface area (Å²) in [5, 5.41) is 20.1. The van der Waals surface area contributed by atoms with Crippen LogP contribution >= 0.6 is 0 Å². The minimum atomic E-state index is -1.61. The van der Waals surface area contributed by atoms with Gasteiger partial charge in [0, 0.05) is 6.92 Å². The van der Waals surface area contributed by atoms with Crippen molar-refractivity contribution in [2.45, 2.75) is 78.6 Å². The Hall–Kier alpha value is -2.65. The van der Waals surface area contributed by atoms with Crippen LogP contribution in [-0.4, -0.2) is 50.3 Å². The summed E-state index contributed by atoms with van der Waals surface area (Å²) in [7, 11) is 0. The van der Waals surface area contributed by atoms with E-state index in [4.69, 9.17) is 9.47 Å². The zero-order valence-electron chi connectivity index (χ0n) is 16.8. The molecule has 0 saturated carbocycles. The Bertz CT molecular complexity index is 585. The van der Waals surface area contributed by atoms with Crippen LogP contribution in [0.1, 0.15) is 61.3 Å². The van der Waals surface area contributed by atoms with Gasteiger partial charge in [-0.1, -0.05) is 0 Å². The maximum absolute atomic E-state index is 12.5. The van der Waals surface area contributed by atoms with Crippen LogP contribution in [0.3, 0.4) is 0 Å². The van der Waals surface area contributed by atoms with Gasteiger partial charge in [-0.3, -0.25) is 10.1 Å². The summed E-state index contributed by atoms with van der Waals surface area (Å²) < 4.78 is 10.3. The molecule has 10 nitrogen and oxygen atoms in total. The van der Waals surface area contributed by atoms with Crippen molar-refractivity contribution >= 4 is 18.2 Å². The van der Waals surface area contributed by atoms with E-state index in [1.807, 2.05) is 0 Å². The van der Waals surface area contributed by atoms with E-state index in [0.717, 1.165) is 0 Å². The van der Waals surface area contributed by atoms with E-state index < -0.39 is 40.3 Å². The summed E-state index contributed by atoms with van der Waals surface area (Å²) in [5.41, 5.74) is -2.11. The first-order valence-corrected chi connectivity index (χ1v) is 8.34. The summed E-state index contributed by atoms with van der Waals surface area (Å²) in [6.45, 7) is 10.7. The Kier molecular flexibility index (Phi) is 8.42. The molecule has 1 N–H and O–H groups in total. The number of allylic oxidation sites excluding steroid dienone is 2. The third kappa shape index (κ3) is 9.57. The van der Waals surface area contributed by atoms with Crippen LogP contribution in [-0.2, 0) is 14.3 Å². The predicted molar refractivity (Wildman–Crippen MR) is 95.7 cm³/mol. The molecule has 1 atom stereocenters. The van der Waals surface area contributed by atoms with Gasteiger partial charge >= 0.3 is 18.2 Å². The number of imide groups is 1.